The summed E-state index contributed by atoms with van der Waals surface area (Å²) in [6, 6.07) is 0. The van der Waals surface area contributed by atoms with Crippen molar-refractivity contribution < 1.29 is 37.3 Å². The summed E-state index contributed by atoms with van der Waals surface area (Å²) in [5, 5.41) is 0. The van der Waals surface area contributed by atoms with Gasteiger partial charge in [-0.05, 0) is 83.5 Å². The monoisotopic (exact) mass is 1020 g/mol. The second-order valence-electron chi connectivity index (χ2n) is 21.0. The molecule has 0 fully saturated rings. The van der Waals surface area contributed by atoms with Crippen LogP contribution in [-0.4, -0.2) is 70.7 Å². The molecule has 0 rings (SSSR count). The molecular formula is C62H114NO7P. The van der Waals surface area contributed by atoms with Crippen molar-refractivity contribution in [2.45, 2.75) is 264 Å². The number of phosphoric acid groups is 1. The summed E-state index contributed by atoms with van der Waals surface area (Å²) in [4.78, 5) is 25.3. The molecule has 0 aromatic rings. The van der Waals surface area contributed by atoms with E-state index in [9.17, 15) is 14.3 Å². The average Bonchev–Trinajstić information content (AvgIpc) is 3.33. The molecule has 0 bridgehead atoms. The van der Waals surface area contributed by atoms with E-state index in [0.29, 0.717) is 24.1 Å². The molecule has 0 saturated heterocycles. The molecule has 2 unspecified atom stereocenters. The lowest BCUT2D eigenvalue weighted by atomic mass is 10.0. The smallest absolute Gasteiger partial charge is 0.306 e. The van der Waals surface area contributed by atoms with Gasteiger partial charge in [0.1, 0.15) is 19.3 Å². The molecule has 0 amide bonds. The Morgan fingerprint density at radius 3 is 1.24 bits per heavy atom. The van der Waals surface area contributed by atoms with E-state index in [-0.39, 0.29) is 25.8 Å². The summed E-state index contributed by atoms with van der Waals surface area (Å²) in [5.41, 5.74) is 0. The van der Waals surface area contributed by atoms with Crippen molar-refractivity contribution in [2.24, 2.45) is 0 Å². The van der Waals surface area contributed by atoms with E-state index >= 15 is 0 Å². The number of ether oxygens (including phenoxy) is 2. The Morgan fingerprint density at radius 2 is 0.817 bits per heavy atom. The number of hydrogen-bond acceptors (Lipinski definition) is 7. The first-order valence-electron chi connectivity index (χ1n) is 29.7. The molecule has 0 aliphatic carbocycles. The Morgan fingerprint density at radius 1 is 0.451 bits per heavy atom. The van der Waals surface area contributed by atoms with Crippen molar-refractivity contribution in [3.63, 3.8) is 0 Å². The normalized spacial score (nSPS) is 13.9. The highest BCUT2D eigenvalue weighted by atomic mass is 31.2. The summed E-state index contributed by atoms with van der Waals surface area (Å²) in [6.45, 7) is 5.31. The standard InChI is InChI=1S/C62H114NO7P/c1-6-8-10-12-14-16-18-20-22-24-26-28-30-32-33-35-37-39-41-43-45-47-49-51-53-55-62(64)70-61(60-69-71(65,66)68-58-56-63(3,4)5)59-67-57-54-52-50-48-46-44-42-40-38-36-34-31-29-27-25-23-21-19-17-15-13-11-9-7-2/h9,11,15,17,21,23-24,26-27,29,34,36,61H,6-8,10,12-14,16,18-20,22,25,28,30-33,35,37-60H2,1-5H3/b11-9-,17-15-,23-21-,26-24-,29-27-,36-34-. The van der Waals surface area contributed by atoms with Gasteiger partial charge in [0.2, 0.25) is 0 Å². The third kappa shape index (κ3) is 58.7. The van der Waals surface area contributed by atoms with Gasteiger partial charge in [0.25, 0.3) is 7.82 Å². The Kier molecular flexibility index (Phi) is 52.6. The van der Waals surface area contributed by atoms with Crippen LogP contribution in [0.15, 0.2) is 72.9 Å². The minimum atomic E-state index is -4.54. The van der Waals surface area contributed by atoms with Crippen LogP contribution in [0.4, 0.5) is 0 Å². The van der Waals surface area contributed by atoms with Crippen molar-refractivity contribution in [1.29, 1.82) is 0 Å². The van der Waals surface area contributed by atoms with Gasteiger partial charge < -0.3 is 27.9 Å². The number of phosphoric ester groups is 1. The maximum Gasteiger partial charge on any atom is 0.306 e. The fourth-order valence-corrected chi connectivity index (χ4v) is 8.95. The van der Waals surface area contributed by atoms with Gasteiger partial charge in [0.05, 0.1) is 34.4 Å². The number of carbonyl (C=O) groups excluding carboxylic acids is 1. The maximum atomic E-state index is 12.8. The number of likely N-dealkylation sites (N-methyl/N-ethyl adjacent to an activating group) is 1. The predicted octanol–water partition coefficient (Wildman–Crippen LogP) is 18.3. The maximum absolute atomic E-state index is 12.8. The molecule has 0 heterocycles. The quantitative estimate of drug-likeness (QED) is 0.0197. The lowest BCUT2D eigenvalue weighted by Gasteiger charge is -2.28. The molecule has 0 aliphatic rings. The fraction of sp³-hybridized carbons (Fsp3) is 0.790. The van der Waals surface area contributed by atoms with E-state index in [4.69, 9.17) is 18.5 Å². The Labute approximate surface area is 440 Å². The SMILES string of the molecule is CC/C=C\C/C=C\C/C=C\C/C=C\C/C=C\CCCCCCCCCCOCC(COP(=O)([O-])OCC[N+](C)(C)C)OC(=O)CCCCCCCCCCCCCCC/C=C\CCCCCCCCCC. The number of nitrogens with zero attached hydrogens (tertiary/aromatic N) is 1. The van der Waals surface area contributed by atoms with Gasteiger partial charge in [-0.25, -0.2) is 0 Å². The zero-order valence-electron chi connectivity index (χ0n) is 47.2. The van der Waals surface area contributed by atoms with Gasteiger partial charge in [0, 0.05) is 13.0 Å². The number of unbranched alkanes of at least 4 members (excludes halogenated alkanes) is 29. The predicted molar refractivity (Wildman–Crippen MR) is 305 cm³/mol. The van der Waals surface area contributed by atoms with Gasteiger partial charge in [-0.15, -0.1) is 0 Å². The first-order chi connectivity index (χ1) is 34.6. The van der Waals surface area contributed by atoms with Crippen molar-refractivity contribution >= 4 is 13.8 Å². The van der Waals surface area contributed by atoms with Gasteiger partial charge >= 0.3 is 5.97 Å². The zero-order chi connectivity index (χ0) is 51.9. The van der Waals surface area contributed by atoms with E-state index in [0.717, 1.165) is 70.6 Å². The second-order valence-corrected chi connectivity index (χ2v) is 22.4. The number of allylic oxidation sites excluding steroid dienone is 12. The molecule has 0 aliphatic heterocycles. The second kappa shape index (κ2) is 54.2. The van der Waals surface area contributed by atoms with Gasteiger partial charge in [-0.1, -0.05) is 241 Å². The van der Waals surface area contributed by atoms with E-state index < -0.39 is 13.9 Å². The van der Waals surface area contributed by atoms with Crippen LogP contribution in [0.2, 0.25) is 0 Å². The van der Waals surface area contributed by atoms with E-state index in [1.54, 1.807) is 0 Å². The number of hydrogen-bond donors (Lipinski definition) is 0. The highest BCUT2D eigenvalue weighted by Crippen LogP contribution is 2.38. The molecule has 2 atom stereocenters. The molecule has 0 saturated carbocycles. The first-order valence-corrected chi connectivity index (χ1v) is 31.1. The molecule has 8 nitrogen and oxygen atoms in total. The van der Waals surface area contributed by atoms with E-state index in [1.807, 2.05) is 21.1 Å². The minimum Gasteiger partial charge on any atom is -0.756 e. The van der Waals surface area contributed by atoms with Crippen LogP contribution >= 0.6 is 7.82 Å². The molecule has 414 valence electrons. The molecule has 0 N–H and O–H groups in total. The van der Waals surface area contributed by atoms with Crippen LogP contribution in [0.3, 0.4) is 0 Å². The van der Waals surface area contributed by atoms with Gasteiger partial charge in [-0.2, -0.15) is 0 Å². The third-order valence-corrected chi connectivity index (χ3v) is 13.7. The van der Waals surface area contributed by atoms with E-state index in [1.165, 1.54) is 167 Å². The van der Waals surface area contributed by atoms with Gasteiger partial charge in [0.15, 0.2) is 0 Å². The van der Waals surface area contributed by atoms with Gasteiger partial charge in [-0.3, -0.25) is 9.36 Å². The molecule has 0 aromatic carbocycles. The highest BCUT2D eigenvalue weighted by molar-refractivity contribution is 7.45. The molecule has 71 heavy (non-hydrogen) atoms. The molecule has 0 spiro atoms. The Hall–Kier alpha value is -2.06. The van der Waals surface area contributed by atoms with E-state index in [2.05, 4.69) is 86.8 Å². The molecule has 9 heteroatoms. The molecule has 0 aromatic heterocycles. The summed E-state index contributed by atoms with van der Waals surface area (Å²) < 4.78 is 34.9. The summed E-state index contributed by atoms with van der Waals surface area (Å²) in [7, 11) is 1.35. The van der Waals surface area contributed by atoms with Crippen LogP contribution in [0, 0.1) is 0 Å². The Bertz CT molecular complexity index is 1370. The number of esters is 1. The zero-order valence-corrected chi connectivity index (χ0v) is 48.1. The summed E-state index contributed by atoms with van der Waals surface area (Å²) in [6.07, 6.45) is 72.3. The average molecular weight is 1020 g/mol. The minimum absolute atomic E-state index is 0.0221. The lowest BCUT2D eigenvalue weighted by Crippen LogP contribution is -2.37. The van der Waals surface area contributed by atoms with Crippen molar-refractivity contribution in [3.05, 3.63) is 72.9 Å². The van der Waals surface area contributed by atoms with Crippen LogP contribution < -0.4 is 4.89 Å². The third-order valence-electron chi connectivity index (χ3n) is 12.7. The van der Waals surface area contributed by atoms with Crippen LogP contribution in [0.5, 0.6) is 0 Å². The van der Waals surface area contributed by atoms with Crippen molar-refractivity contribution in [1.82, 2.24) is 0 Å². The fourth-order valence-electron chi connectivity index (χ4n) is 8.22. The topological polar surface area (TPSA) is 94.1 Å². The lowest BCUT2D eigenvalue weighted by molar-refractivity contribution is -0.870. The van der Waals surface area contributed by atoms with Crippen LogP contribution in [-0.2, 0) is 27.9 Å². The summed E-state index contributed by atoms with van der Waals surface area (Å²) >= 11 is 0. The highest BCUT2D eigenvalue weighted by Gasteiger charge is 2.20. The Balaban J connectivity index is 4.08. The summed E-state index contributed by atoms with van der Waals surface area (Å²) in [5.74, 6) is -0.336. The number of carbonyl (C=O) groups is 1. The largest absolute Gasteiger partial charge is 0.756 e. The van der Waals surface area contributed by atoms with Crippen LogP contribution in [0.1, 0.15) is 258 Å². The molecule has 0 radical (unpaired) electrons. The van der Waals surface area contributed by atoms with Crippen LogP contribution in [0.25, 0.3) is 0 Å². The first kappa shape index (κ1) is 68.9. The molecular weight excluding hydrogens is 902 g/mol. The van der Waals surface area contributed by atoms with Crippen molar-refractivity contribution in [3.8, 4) is 0 Å². The number of rotatable bonds is 55. The number of quaternary nitrogens is 1. The van der Waals surface area contributed by atoms with Crippen molar-refractivity contribution in [2.75, 3.05) is 54.1 Å².